The molecule has 140 valence electrons. The molecule has 25 heavy (non-hydrogen) atoms. The quantitative estimate of drug-likeness (QED) is 0.628. The Labute approximate surface area is 153 Å². The molecule has 7 nitrogen and oxygen atoms in total. The van der Waals surface area contributed by atoms with Gasteiger partial charge >= 0.3 is 5.97 Å². The second-order valence-electron chi connectivity index (χ2n) is 5.55. The minimum absolute atomic E-state index is 0.0977. The van der Waals surface area contributed by atoms with Crippen LogP contribution in [0.2, 0.25) is 0 Å². The molecule has 0 aliphatic heterocycles. The molecule has 0 aliphatic rings. The monoisotopic (exact) mass is 388 g/mol. The molecule has 1 atom stereocenters. The number of thioether (sulfide) groups is 1. The molecule has 0 saturated carbocycles. The second kappa shape index (κ2) is 9.79. The fourth-order valence-electron chi connectivity index (χ4n) is 1.81. The van der Waals surface area contributed by atoms with Gasteiger partial charge in [-0.2, -0.15) is 0 Å². The summed E-state index contributed by atoms with van der Waals surface area (Å²) in [6, 6.07) is 5.69. The van der Waals surface area contributed by atoms with Gasteiger partial charge in [-0.3, -0.25) is 9.59 Å². The summed E-state index contributed by atoms with van der Waals surface area (Å²) in [5.41, 5.74) is 0.483. The van der Waals surface area contributed by atoms with Gasteiger partial charge in [0.15, 0.2) is 0 Å². The van der Waals surface area contributed by atoms with E-state index in [0.29, 0.717) is 12.3 Å². The van der Waals surface area contributed by atoms with E-state index >= 15 is 0 Å². The van der Waals surface area contributed by atoms with Gasteiger partial charge in [0.05, 0.1) is 22.5 Å². The average molecular weight is 389 g/mol. The van der Waals surface area contributed by atoms with Crippen molar-refractivity contribution < 1.29 is 22.7 Å². The maximum atomic E-state index is 12.1. The lowest BCUT2D eigenvalue weighted by Gasteiger charge is -2.13. The van der Waals surface area contributed by atoms with Crippen molar-refractivity contribution in [1.82, 2.24) is 4.72 Å². The van der Waals surface area contributed by atoms with Crippen LogP contribution in [0.15, 0.2) is 29.2 Å². The zero-order valence-electron chi connectivity index (χ0n) is 14.7. The largest absolute Gasteiger partial charge is 0.465 e. The number of rotatable bonds is 9. The first kappa shape index (κ1) is 21.5. The standard InChI is InChI=1S/C16H24N2O5S2/c1-5-23-15(19)10-24-12(4)16(20)17-13-6-8-14(9-7-13)25(21,22)18-11(2)3/h6-9,11-12,18H,5,10H2,1-4H3,(H,17,20)/t12-/m1/s1. The number of nitrogens with one attached hydrogen (secondary N) is 2. The Balaban J connectivity index is 2.62. The van der Waals surface area contributed by atoms with Crippen molar-refractivity contribution in [3.63, 3.8) is 0 Å². The van der Waals surface area contributed by atoms with Crippen molar-refractivity contribution in [2.45, 2.75) is 43.9 Å². The predicted octanol–water partition coefficient (Wildman–Crippen LogP) is 2.00. The molecule has 0 radical (unpaired) electrons. The molecule has 2 N–H and O–H groups in total. The zero-order chi connectivity index (χ0) is 19.0. The van der Waals surface area contributed by atoms with E-state index in [1.54, 1.807) is 27.7 Å². The SMILES string of the molecule is CCOC(=O)CS[C@H](C)C(=O)Nc1ccc(S(=O)(=O)NC(C)C)cc1. The van der Waals surface area contributed by atoms with Gasteiger partial charge in [-0.05, 0) is 52.0 Å². The van der Waals surface area contributed by atoms with Gasteiger partial charge in [-0.1, -0.05) is 0 Å². The van der Waals surface area contributed by atoms with E-state index in [-0.39, 0.29) is 28.6 Å². The summed E-state index contributed by atoms with van der Waals surface area (Å²) in [7, 11) is -3.56. The molecule has 0 unspecified atom stereocenters. The molecule has 0 aliphatic carbocycles. The molecule has 0 fully saturated rings. The van der Waals surface area contributed by atoms with E-state index in [0.717, 1.165) is 0 Å². The topological polar surface area (TPSA) is 102 Å². The van der Waals surface area contributed by atoms with Crippen molar-refractivity contribution >= 4 is 39.3 Å². The number of carbonyl (C=O) groups excluding carboxylic acids is 2. The molecular weight excluding hydrogens is 364 g/mol. The van der Waals surface area contributed by atoms with E-state index < -0.39 is 15.3 Å². The Morgan fingerprint density at radius 2 is 1.76 bits per heavy atom. The number of carbonyl (C=O) groups is 2. The van der Waals surface area contributed by atoms with Crippen molar-refractivity contribution in [2.75, 3.05) is 17.7 Å². The van der Waals surface area contributed by atoms with E-state index in [4.69, 9.17) is 4.74 Å². The molecule has 0 heterocycles. The van der Waals surface area contributed by atoms with Crippen LogP contribution in [-0.2, 0) is 24.3 Å². The van der Waals surface area contributed by atoms with Crippen LogP contribution in [0.3, 0.4) is 0 Å². The van der Waals surface area contributed by atoms with Crippen LogP contribution in [0.4, 0.5) is 5.69 Å². The highest BCUT2D eigenvalue weighted by molar-refractivity contribution is 8.01. The number of hydrogen-bond acceptors (Lipinski definition) is 6. The van der Waals surface area contributed by atoms with Crippen LogP contribution in [0.5, 0.6) is 0 Å². The highest BCUT2D eigenvalue weighted by atomic mass is 32.2. The highest BCUT2D eigenvalue weighted by Gasteiger charge is 2.17. The maximum Gasteiger partial charge on any atom is 0.315 e. The molecule has 0 spiro atoms. The molecule has 1 aromatic carbocycles. The predicted molar refractivity (Wildman–Crippen MR) is 99.1 cm³/mol. The third-order valence-electron chi connectivity index (χ3n) is 2.95. The molecule has 0 saturated heterocycles. The van der Waals surface area contributed by atoms with Gasteiger partial charge in [-0.25, -0.2) is 13.1 Å². The van der Waals surface area contributed by atoms with Gasteiger partial charge in [0.2, 0.25) is 15.9 Å². The second-order valence-corrected chi connectivity index (χ2v) is 8.59. The van der Waals surface area contributed by atoms with Crippen LogP contribution < -0.4 is 10.0 Å². The lowest BCUT2D eigenvalue weighted by atomic mass is 10.3. The van der Waals surface area contributed by atoms with Crippen LogP contribution in [-0.4, -0.2) is 43.9 Å². The number of esters is 1. The van der Waals surface area contributed by atoms with Gasteiger partial charge < -0.3 is 10.1 Å². The summed E-state index contributed by atoms with van der Waals surface area (Å²) < 4.78 is 31.4. The molecule has 0 aromatic heterocycles. The Morgan fingerprint density at radius 3 is 2.28 bits per heavy atom. The van der Waals surface area contributed by atoms with Crippen molar-refractivity contribution in [3.05, 3.63) is 24.3 Å². The minimum atomic E-state index is -3.56. The molecule has 1 amide bonds. The smallest absolute Gasteiger partial charge is 0.315 e. The molecule has 9 heteroatoms. The number of anilines is 1. The minimum Gasteiger partial charge on any atom is -0.465 e. The number of ether oxygens (including phenoxy) is 1. The molecule has 1 rings (SSSR count). The average Bonchev–Trinajstić information content (AvgIpc) is 2.52. The van der Waals surface area contributed by atoms with Gasteiger partial charge in [0.1, 0.15) is 0 Å². The lowest BCUT2D eigenvalue weighted by Crippen LogP contribution is -2.30. The lowest BCUT2D eigenvalue weighted by molar-refractivity contribution is -0.139. The highest BCUT2D eigenvalue weighted by Crippen LogP contribution is 2.17. The number of benzene rings is 1. The van der Waals surface area contributed by atoms with Crippen LogP contribution >= 0.6 is 11.8 Å². The first-order chi connectivity index (χ1) is 11.7. The Morgan fingerprint density at radius 1 is 1.16 bits per heavy atom. The van der Waals surface area contributed by atoms with E-state index in [1.165, 1.54) is 36.0 Å². The van der Waals surface area contributed by atoms with Crippen LogP contribution in [0.25, 0.3) is 0 Å². The third-order valence-corrected chi connectivity index (χ3v) is 5.74. The first-order valence-electron chi connectivity index (χ1n) is 7.86. The zero-order valence-corrected chi connectivity index (χ0v) is 16.4. The normalized spacial score (nSPS) is 12.7. The van der Waals surface area contributed by atoms with E-state index in [9.17, 15) is 18.0 Å². The molecule has 1 aromatic rings. The summed E-state index contributed by atoms with van der Waals surface area (Å²) in [5.74, 6) is -0.537. The van der Waals surface area contributed by atoms with Gasteiger partial charge in [0, 0.05) is 11.7 Å². The van der Waals surface area contributed by atoms with E-state index in [1.807, 2.05) is 0 Å². The first-order valence-corrected chi connectivity index (χ1v) is 10.4. The summed E-state index contributed by atoms with van der Waals surface area (Å²) in [5, 5.41) is 2.24. The Kier molecular flexibility index (Phi) is 8.40. The van der Waals surface area contributed by atoms with Gasteiger partial charge in [-0.15, -0.1) is 11.8 Å². The summed E-state index contributed by atoms with van der Waals surface area (Å²) in [6.07, 6.45) is 0. The van der Waals surface area contributed by atoms with E-state index in [2.05, 4.69) is 10.0 Å². The van der Waals surface area contributed by atoms with Crippen molar-refractivity contribution in [1.29, 1.82) is 0 Å². The third kappa shape index (κ3) is 7.45. The summed E-state index contributed by atoms with van der Waals surface area (Å²) in [4.78, 5) is 23.5. The Hall–Kier alpha value is -1.58. The fraction of sp³-hybridized carbons (Fsp3) is 0.500. The summed E-state index contributed by atoms with van der Waals surface area (Å²) >= 11 is 1.17. The van der Waals surface area contributed by atoms with Crippen LogP contribution in [0, 0.1) is 0 Å². The maximum absolute atomic E-state index is 12.1. The van der Waals surface area contributed by atoms with Gasteiger partial charge in [0.25, 0.3) is 0 Å². The van der Waals surface area contributed by atoms with Crippen molar-refractivity contribution in [2.24, 2.45) is 0 Å². The number of hydrogen-bond donors (Lipinski definition) is 2. The number of sulfonamides is 1. The summed E-state index contributed by atoms with van der Waals surface area (Å²) in [6.45, 7) is 7.19. The molecule has 0 bridgehead atoms. The fourth-order valence-corrected chi connectivity index (χ4v) is 3.74. The number of amides is 1. The molecular formula is C16H24N2O5S2. The van der Waals surface area contributed by atoms with Crippen LogP contribution in [0.1, 0.15) is 27.7 Å². The Bertz CT molecular complexity index is 687. The van der Waals surface area contributed by atoms with Crippen molar-refractivity contribution in [3.8, 4) is 0 Å².